The van der Waals surface area contributed by atoms with Gasteiger partial charge in [-0.25, -0.2) is 17.8 Å². The summed E-state index contributed by atoms with van der Waals surface area (Å²) in [5, 5.41) is 2.28. The Bertz CT molecular complexity index is 952. The molecule has 164 valence electrons. The lowest BCUT2D eigenvalue weighted by Crippen LogP contribution is -2.42. The minimum atomic E-state index is -3.62. The number of carbonyl (C=O) groups excluding carboxylic acids is 1. The van der Waals surface area contributed by atoms with Crippen LogP contribution in [0.5, 0.6) is 5.75 Å². The van der Waals surface area contributed by atoms with Gasteiger partial charge in [0.1, 0.15) is 28.9 Å². The van der Waals surface area contributed by atoms with Crippen LogP contribution in [0, 0.1) is 11.7 Å². The average Bonchev–Trinajstić information content (AvgIpc) is 3.13. The summed E-state index contributed by atoms with van der Waals surface area (Å²) in [6.07, 6.45) is 3.98. The van der Waals surface area contributed by atoms with Crippen molar-refractivity contribution >= 4 is 27.1 Å². The van der Waals surface area contributed by atoms with Gasteiger partial charge in [-0.3, -0.25) is 4.79 Å². The largest absolute Gasteiger partial charge is 0.486 e. The number of rotatable bonds is 8. The molecule has 0 spiro atoms. The number of benzene rings is 1. The highest BCUT2D eigenvalue weighted by molar-refractivity contribution is 7.91. The van der Waals surface area contributed by atoms with Crippen molar-refractivity contribution in [2.24, 2.45) is 5.92 Å². The maximum Gasteiger partial charge on any atom is 0.237 e. The molecule has 0 aliphatic heterocycles. The van der Waals surface area contributed by atoms with Gasteiger partial charge in [0.05, 0.1) is 11.4 Å². The lowest BCUT2D eigenvalue weighted by atomic mass is 9.87. The van der Waals surface area contributed by atoms with E-state index in [1.165, 1.54) is 35.6 Å². The second kappa shape index (κ2) is 9.87. The molecule has 1 fully saturated rings. The number of carbonyl (C=O) groups is 1. The van der Waals surface area contributed by atoms with Crippen LogP contribution < -0.4 is 4.74 Å². The smallest absolute Gasteiger partial charge is 0.237 e. The zero-order chi connectivity index (χ0) is 21.7. The number of halogens is 1. The SMILES string of the molecule is CC1CCC(N(C)C(=O)CS(=O)(=O)Cc2csc(COc3ccc(F)cc3)n2)CC1. The highest BCUT2D eigenvalue weighted by atomic mass is 32.2. The number of nitrogens with zero attached hydrogens (tertiary/aromatic N) is 2. The van der Waals surface area contributed by atoms with Gasteiger partial charge in [-0.15, -0.1) is 11.3 Å². The summed E-state index contributed by atoms with van der Waals surface area (Å²) in [7, 11) is -1.92. The zero-order valence-corrected chi connectivity index (χ0v) is 18.8. The molecule has 3 rings (SSSR count). The lowest BCUT2D eigenvalue weighted by Gasteiger charge is -2.33. The first-order valence-electron chi connectivity index (χ1n) is 9.99. The number of aromatic nitrogens is 1. The molecule has 0 bridgehead atoms. The van der Waals surface area contributed by atoms with E-state index in [4.69, 9.17) is 4.74 Å². The monoisotopic (exact) mass is 454 g/mol. The summed E-state index contributed by atoms with van der Waals surface area (Å²) in [6.45, 7) is 2.37. The summed E-state index contributed by atoms with van der Waals surface area (Å²) < 4.78 is 43.5. The van der Waals surface area contributed by atoms with E-state index >= 15 is 0 Å². The van der Waals surface area contributed by atoms with Gasteiger partial charge in [-0.05, 0) is 55.9 Å². The summed E-state index contributed by atoms with van der Waals surface area (Å²) in [6, 6.07) is 5.76. The Labute approximate surface area is 181 Å². The fourth-order valence-corrected chi connectivity index (χ4v) is 5.65. The Morgan fingerprint density at radius 2 is 1.90 bits per heavy atom. The number of hydrogen-bond donors (Lipinski definition) is 0. The van der Waals surface area contributed by atoms with Crippen LogP contribution in [0.15, 0.2) is 29.6 Å². The van der Waals surface area contributed by atoms with Gasteiger partial charge < -0.3 is 9.64 Å². The van der Waals surface area contributed by atoms with Gasteiger partial charge >= 0.3 is 0 Å². The molecular weight excluding hydrogens is 427 g/mol. The summed E-state index contributed by atoms with van der Waals surface area (Å²) in [5.74, 6) is -0.312. The average molecular weight is 455 g/mol. The van der Waals surface area contributed by atoms with Crippen LogP contribution in [-0.2, 0) is 27.0 Å². The predicted molar refractivity (Wildman–Crippen MR) is 115 cm³/mol. The molecule has 0 radical (unpaired) electrons. The van der Waals surface area contributed by atoms with Gasteiger partial charge in [-0.2, -0.15) is 0 Å². The molecule has 0 saturated heterocycles. The van der Waals surface area contributed by atoms with Crippen molar-refractivity contribution in [3.05, 3.63) is 46.2 Å². The van der Waals surface area contributed by atoms with E-state index in [1.807, 2.05) is 0 Å². The Kier molecular flexibility index (Phi) is 7.46. The van der Waals surface area contributed by atoms with Gasteiger partial charge in [0, 0.05) is 18.5 Å². The zero-order valence-electron chi connectivity index (χ0n) is 17.2. The third-order valence-electron chi connectivity index (χ3n) is 5.41. The summed E-state index contributed by atoms with van der Waals surface area (Å²) in [5.41, 5.74) is 0.402. The molecule has 0 N–H and O–H groups in total. The van der Waals surface area contributed by atoms with Gasteiger partial charge in [0.25, 0.3) is 0 Å². The number of hydrogen-bond acceptors (Lipinski definition) is 6. The molecule has 0 unspecified atom stereocenters. The predicted octanol–water partition coefficient (Wildman–Crippen LogP) is 3.81. The molecule has 1 aliphatic rings. The Morgan fingerprint density at radius 3 is 2.57 bits per heavy atom. The van der Waals surface area contributed by atoms with Crippen molar-refractivity contribution in [3.8, 4) is 5.75 Å². The highest BCUT2D eigenvalue weighted by Gasteiger charge is 2.28. The molecule has 1 aliphatic carbocycles. The van der Waals surface area contributed by atoms with Crippen LogP contribution in [0.4, 0.5) is 4.39 Å². The minimum absolute atomic E-state index is 0.124. The van der Waals surface area contributed by atoms with E-state index in [0.717, 1.165) is 25.7 Å². The van der Waals surface area contributed by atoms with Crippen molar-refractivity contribution in [1.82, 2.24) is 9.88 Å². The first-order chi connectivity index (χ1) is 14.2. The third-order valence-corrected chi connectivity index (χ3v) is 7.71. The molecule has 1 saturated carbocycles. The minimum Gasteiger partial charge on any atom is -0.486 e. The second-order valence-electron chi connectivity index (χ2n) is 7.93. The Balaban J connectivity index is 1.51. The number of thiazole rings is 1. The highest BCUT2D eigenvalue weighted by Crippen LogP contribution is 2.26. The van der Waals surface area contributed by atoms with Crippen molar-refractivity contribution < 1.29 is 22.3 Å². The number of sulfone groups is 1. The topological polar surface area (TPSA) is 76.6 Å². The Hall–Kier alpha value is -2.00. The van der Waals surface area contributed by atoms with E-state index in [0.29, 0.717) is 22.4 Å². The molecule has 1 aromatic carbocycles. The van der Waals surface area contributed by atoms with Crippen molar-refractivity contribution in [3.63, 3.8) is 0 Å². The van der Waals surface area contributed by atoms with Gasteiger partial charge in [0.15, 0.2) is 9.84 Å². The molecule has 30 heavy (non-hydrogen) atoms. The van der Waals surface area contributed by atoms with E-state index in [-0.39, 0.29) is 30.1 Å². The standard InChI is InChI=1S/C21H27FN2O4S2/c1-15-3-7-18(8-4-15)24(2)21(25)14-30(26,27)13-17-12-29-20(23-17)11-28-19-9-5-16(22)6-10-19/h5-6,9-10,12,15,18H,3-4,7-8,11,13-14H2,1-2H3. The maximum atomic E-state index is 12.9. The van der Waals surface area contributed by atoms with Gasteiger partial charge in [-0.1, -0.05) is 6.92 Å². The van der Waals surface area contributed by atoms with E-state index < -0.39 is 15.6 Å². The van der Waals surface area contributed by atoms with Gasteiger partial charge in [0.2, 0.25) is 5.91 Å². The Morgan fingerprint density at radius 1 is 1.23 bits per heavy atom. The van der Waals surface area contributed by atoms with E-state index in [1.54, 1.807) is 17.3 Å². The van der Waals surface area contributed by atoms with Crippen molar-refractivity contribution in [2.75, 3.05) is 12.8 Å². The van der Waals surface area contributed by atoms with Crippen LogP contribution in [0.1, 0.15) is 43.3 Å². The molecule has 9 heteroatoms. The quantitative estimate of drug-likeness (QED) is 0.606. The number of ether oxygens (including phenoxy) is 1. The maximum absolute atomic E-state index is 12.9. The molecule has 2 aromatic rings. The van der Waals surface area contributed by atoms with Crippen LogP contribution in [0.3, 0.4) is 0 Å². The molecule has 6 nitrogen and oxygen atoms in total. The van der Waals surface area contributed by atoms with Crippen molar-refractivity contribution in [1.29, 1.82) is 0 Å². The number of amides is 1. The van der Waals surface area contributed by atoms with Crippen LogP contribution in [0.2, 0.25) is 0 Å². The fourth-order valence-electron chi connectivity index (χ4n) is 3.56. The molecule has 1 amide bonds. The van der Waals surface area contributed by atoms with Crippen LogP contribution >= 0.6 is 11.3 Å². The first kappa shape index (κ1) is 22.7. The third kappa shape index (κ3) is 6.50. The lowest BCUT2D eigenvalue weighted by molar-refractivity contribution is -0.129. The van der Waals surface area contributed by atoms with Crippen LogP contribution in [-0.4, -0.2) is 43.1 Å². The fraction of sp³-hybridized carbons (Fsp3) is 0.524. The molecule has 0 atom stereocenters. The van der Waals surface area contributed by atoms with E-state index in [2.05, 4.69) is 11.9 Å². The molecule has 1 heterocycles. The van der Waals surface area contributed by atoms with E-state index in [9.17, 15) is 17.6 Å². The van der Waals surface area contributed by atoms with Crippen molar-refractivity contribution in [2.45, 2.75) is 51.0 Å². The second-order valence-corrected chi connectivity index (χ2v) is 10.9. The summed E-state index contributed by atoms with van der Waals surface area (Å²) in [4.78, 5) is 18.4. The summed E-state index contributed by atoms with van der Waals surface area (Å²) >= 11 is 1.29. The molecular formula is C21H27FN2O4S2. The molecule has 1 aromatic heterocycles. The normalized spacial score (nSPS) is 19.4. The first-order valence-corrected chi connectivity index (χ1v) is 12.7. The van der Waals surface area contributed by atoms with Crippen LogP contribution in [0.25, 0.3) is 0 Å².